The van der Waals surface area contributed by atoms with Crippen molar-refractivity contribution in [2.45, 2.75) is 26.7 Å². The van der Waals surface area contributed by atoms with Gasteiger partial charge in [-0.3, -0.25) is 0 Å². The summed E-state index contributed by atoms with van der Waals surface area (Å²) in [4.78, 5) is 2.43. The second-order valence-electron chi connectivity index (χ2n) is 4.01. The van der Waals surface area contributed by atoms with Crippen molar-refractivity contribution in [3.05, 3.63) is 29.3 Å². The van der Waals surface area contributed by atoms with Crippen molar-refractivity contribution >= 4 is 11.6 Å². The van der Waals surface area contributed by atoms with Gasteiger partial charge in [0, 0.05) is 0 Å². The SMILES string of the molecule is CCN(CC)CCCCOc1ccccc1Cl. The first-order valence-electron chi connectivity index (χ1n) is 6.37. The summed E-state index contributed by atoms with van der Waals surface area (Å²) in [6.45, 7) is 8.54. The van der Waals surface area contributed by atoms with Crippen LogP contribution >= 0.6 is 11.6 Å². The second-order valence-corrected chi connectivity index (χ2v) is 4.42. The summed E-state index contributed by atoms with van der Waals surface area (Å²) >= 11 is 6.00. The highest BCUT2D eigenvalue weighted by atomic mass is 35.5. The Hall–Kier alpha value is -0.730. The van der Waals surface area contributed by atoms with E-state index in [0.717, 1.165) is 38.4 Å². The third-order valence-electron chi connectivity index (χ3n) is 2.86. The van der Waals surface area contributed by atoms with Crippen LogP contribution < -0.4 is 4.74 Å². The molecule has 1 aromatic carbocycles. The topological polar surface area (TPSA) is 12.5 Å². The molecule has 2 nitrogen and oxygen atoms in total. The van der Waals surface area contributed by atoms with Gasteiger partial charge in [-0.2, -0.15) is 0 Å². The minimum absolute atomic E-state index is 0.691. The van der Waals surface area contributed by atoms with E-state index >= 15 is 0 Å². The van der Waals surface area contributed by atoms with Crippen LogP contribution in [-0.2, 0) is 0 Å². The molecule has 0 aliphatic rings. The lowest BCUT2D eigenvalue weighted by molar-refractivity contribution is 0.266. The Morgan fingerprint density at radius 1 is 1.12 bits per heavy atom. The highest BCUT2D eigenvalue weighted by Crippen LogP contribution is 2.23. The lowest BCUT2D eigenvalue weighted by Crippen LogP contribution is -2.24. The first-order valence-corrected chi connectivity index (χ1v) is 6.75. The van der Waals surface area contributed by atoms with Gasteiger partial charge in [-0.1, -0.05) is 37.6 Å². The standard InChI is InChI=1S/C14H22ClNO/c1-3-16(4-2)11-7-8-12-17-14-10-6-5-9-13(14)15/h5-6,9-10H,3-4,7-8,11-12H2,1-2H3. The van der Waals surface area contributed by atoms with Gasteiger partial charge >= 0.3 is 0 Å². The van der Waals surface area contributed by atoms with Crippen molar-refractivity contribution in [1.82, 2.24) is 4.90 Å². The molecule has 96 valence electrons. The summed E-state index contributed by atoms with van der Waals surface area (Å²) in [5.74, 6) is 0.789. The van der Waals surface area contributed by atoms with Crippen LogP contribution in [0.2, 0.25) is 5.02 Å². The number of unbranched alkanes of at least 4 members (excludes halogenated alkanes) is 1. The lowest BCUT2D eigenvalue weighted by atomic mass is 10.3. The molecule has 1 aromatic rings. The minimum atomic E-state index is 0.691. The molecule has 3 heteroatoms. The predicted molar refractivity (Wildman–Crippen MR) is 74.0 cm³/mol. The van der Waals surface area contributed by atoms with Gasteiger partial charge in [-0.25, -0.2) is 0 Å². The van der Waals surface area contributed by atoms with Crippen LogP contribution in [0.25, 0.3) is 0 Å². The smallest absolute Gasteiger partial charge is 0.137 e. The molecule has 0 aliphatic heterocycles. The van der Waals surface area contributed by atoms with Crippen molar-refractivity contribution in [3.8, 4) is 5.75 Å². The Morgan fingerprint density at radius 3 is 2.47 bits per heavy atom. The molecular weight excluding hydrogens is 234 g/mol. The van der Waals surface area contributed by atoms with Gasteiger partial charge in [-0.15, -0.1) is 0 Å². The number of rotatable bonds is 8. The van der Waals surface area contributed by atoms with E-state index in [0.29, 0.717) is 5.02 Å². The Bertz CT molecular complexity index is 313. The number of para-hydroxylation sites is 1. The maximum absolute atomic E-state index is 6.00. The van der Waals surface area contributed by atoms with Crippen molar-refractivity contribution in [2.24, 2.45) is 0 Å². The first-order chi connectivity index (χ1) is 8.27. The van der Waals surface area contributed by atoms with E-state index in [4.69, 9.17) is 16.3 Å². The van der Waals surface area contributed by atoms with Crippen LogP contribution in [0.3, 0.4) is 0 Å². The molecular formula is C14H22ClNO. The molecule has 0 spiro atoms. The van der Waals surface area contributed by atoms with E-state index in [-0.39, 0.29) is 0 Å². The third-order valence-corrected chi connectivity index (χ3v) is 3.17. The lowest BCUT2D eigenvalue weighted by Gasteiger charge is -2.17. The van der Waals surface area contributed by atoms with E-state index < -0.39 is 0 Å². The van der Waals surface area contributed by atoms with Crippen LogP contribution in [0.4, 0.5) is 0 Å². The van der Waals surface area contributed by atoms with Crippen LogP contribution in [0.5, 0.6) is 5.75 Å². The molecule has 17 heavy (non-hydrogen) atoms. The molecule has 0 N–H and O–H groups in total. The zero-order valence-corrected chi connectivity index (χ0v) is 11.5. The second kappa shape index (κ2) is 8.37. The molecule has 0 fully saturated rings. The molecule has 0 unspecified atom stereocenters. The van der Waals surface area contributed by atoms with Crippen molar-refractivity contribution in [2.75, 3.05) is 26.2 Å². The van der Waals surface area contributed by atoms with E-state index in [1.54, 1.807) is 0 Å². The number of halogens is 1. The number of hydrogen-bond donors (Lipinski definition) is 0. The minimum Gasteiger partial charge on any atom is -0.492 e. The van der Waals surface area contributed by atoms with Crippen LogP contribution in [0.15, 0.2) is 24.3 Å². The maximum Gasteiger partial charge on any atom is 0.137 e. The fraction of sp³-hybridized carbons (Fsp3) is 0.571. The quantitative estimate of drug-likeness (QED) is 0.655. The van der Waals surface area contributed by atoms with Crippen molar-refractivity contribution in [1.29, 1.82) is 0 Å². The number of nitrogens with zero attached hydrogens (tertiary/aromatic N) is 1. The average Bonchev–Trinajstić information content (AvgIpc) is 2.36. The van der Waals surface area contributed by atoms with Gasteiger partial charge in [0.05, 0.1) is 11.6 Å². The monoisotopic (exact) mass is 255 g/mol. The van der Waals surface area contributed by atoms with Crippen molar-refractivity contribution in [3.63, 3.8) is 0 Å². The first kappa shape index (κ1) is 14.3. The zero-order valence-electron chi connectivity index (χ0n) is 10.8. The van der Waals surface area contributed by atoms with Gasteiger partial charge in [0.25, 0.3) is 0 Å². The Labute approximate surface area is 110 Å². The van der Waals surface area contributed by atoms with Gasteiger partial charge in [0.15, 0.2) is 0 Å². The molecule has 0 saturated heterocycles. The van der Waals surface area contributed by atoms with E-state index in [1.807, 2.05) is 24.3 Å². The fourth-order valence-electron chi connectivity index (χ4n) is 1.72. The molecule has 0 aromatic heterocycles. The van der Waals surface area contributed by atoms with E-state index in [1.165, 1.54) is 6.42 Å². The summed E-state index contributed by atoms with van der Waals surface area (Å²) in [7, 11) is 0. The summed E-state index contributed by atoms with van der Waals surface area (Å²) in [6.07, 6.45) is 2.24. The van der Waals surface area contributed by atoms with Gasteiger partial charge in [-0.05, 0) is 44.6 Å². The highest BCUT2D eigenvalue weighted by Gasteiger charge is 2.00. The highest BCUT2D eigenvalue weighted by molar-refractivity contribution is 6.32. The largest absolute Gasteiger partial charge is 0.492 e. The molecule has 0 bridgehead atoms. The Balaban J connectivity index is 2.14. The van der Waals surface area contributed by atoms with Crippen LogP contribution in [0.1, 0.15) is 26.7 Å². The van der Waals surface area contributed by atoms with E-state index in [2.05, 4.69) is 18.7 Å². The molecule has 0 saturated carbocycles. The van der Waals surface area contributed by atoms with E-state index in [9.17, 15) is 0 Å². The molecule has 0 radical (unpaired) electrons. The number of hydrogen-bond acceptors (Lipinski definition) is 2. The van der Waals surface area contributed by atoms with Gasteiger partial charge in [0.1, 0.15) is 5.75 Å². The van der Waals surface area contributed by atoms with Gasteiger partial charge < -0.3 is 9.64 Å². The molecule has 0 atom stereocenters. The average molecular weight is 256 g/mol. The molecule has 1 rings (SSSR count). The van der Waals surface area contributed by atoms with Gasteiger partial charge in [0.2, 0.25) is 0 Å². The number of benzene rings is 1. The fourth-order valence-corrected chi connectivity index (χ4v) is 1.91. The van der Waals surface area contributed by atoms with Crippen LogP contribution in [0, 0.1) is 0 Å². The van der Waals surface area contributed by atoms with Crippen molar-refractivity contribution < 1.29 is 4.74 Å². The third kappa shape index (κ3) is 5.42. The Kier molecular flexibility index (Phi) is 7.06. The molecule has 0 amide bonds. The predicted octanol–water partition coefficient (Wildman–Crippen LogP) is 3.84. The normalized spacial score (nSPS) is 10.8. The molecule has 0 aliphatic carbocycles. The van der Waals surface area contributed by atoms with Crippen LogP contribution in [-0.4, -0.2) is 31.1 Å². The summed E-state index contributed by atoms with van der Waals surface area (Å²) in [5.41, 5.74) is 0. The number of ether oxygens (including phenoxy) is 1. The summed E-state index contributed by atoms with van der Waals surface area (Å²) in [5, 5.41) is 0.691. The zero-order chi connectivity index (χ0) is 12.5. The summed E-state index contributed by atoms with van der Waals surface area (Å²) in [6, 6.07) is 7.62. The Morgan fingerprint density at radius 2 is 1.82 bits per heavy atom. The summed E-state index contributed by atoms with van der Waals surface area (Å²) < 4.78 is 5.64. The molecule has 0 heterocycles. The maximum atomic E-state index is 6.00.